The highest BCUT2D eigenvalue weighted by atomic mass is 16.4. The molecule has 6 heteroatoms. The quantitative estimate of drug-likeness (QED) is 0.500. The second-order valence-corrected chi connectivity index (χ2v) is 8.53. The third-order valence-electron chi connectivity index (χ3n) is 6.21. The minimum absolute atomic E-state index is 0.101. The Bertz CT molecular complexity index is 1400. The molecule has 5 rings (SSSR count). The third-order valence-corrected chi connectivity index (χ3v) is 6.21. The number of benzene rings is 2. The maximum absolute atomic E-state index is 12.7. The van der Waals surface area contributed by atoms with Crippen molar-refractivity contribution in [3.8, 4) is 16.9 Å². The molecule has 2 N–H and O–H groups in total. The van der Waals surface area contributed by atoms with Gasteiger partial charge in [0, 0.05) is 28.3 Å². The van der Waals surface area contributed by atoms with E-state index in [0.29, 0.717) is 45.7 Å². The van der Waals surface area contributed by atoms with Crippen molar-refractivity contribution in [1.82, 2.24) is 0 Å². The van der Waals surface area contributed by atoms with Gasteiger partial charge in [0.2, 0.25) is 0 Å². The Morgan fingerprint density at radius 3 is 2.74 bits per heavy atom. The lowest BCUT2D eigenvalue weighted by molar-refractivity contribution is -0.922. The Morgan fingerprint density at radius 2 is 1.90 bits per heavy atom. The first kappa shape index (κ1) is 19.6. The molecule has 0 spiro atoms. The number of piperidine rings is 1. The van der Waals surface area contributed by atoms with Crippen molar-refractivity contribution in [2.75, 3.05) is 13.1 Å². The zero-order valence-corrected chi connectivity index (χ0v) is 17.3. The normalized spacial score (nSPS) is 19.1. The van der Waals surface area contributed by atoms with Gasteiger partial charge >= 0.3 is 11.3 Å². The average molecular weight is 418 g/mol. The number of nitrogens with one attached hydrogen (secondary N) is 1. The number of rotatable bonds is 3. The largest absolute Gasteiger partial charge is 0.507 e. The van der Waals surface area contributed by atoms with Gasteiger partial charge in [0.1, 0.15) is 17.9 Å². The van der Waals surface area contributed by atoms with Gasteiger partial charge in [-0.1, -0.05) is 25.1 Å². The molecule has 31 heavy (non-hydrogen) atoms. The van der Waals surface area contributed by atoms with E-state index in [9.17, 15) is 14.7 Å². The highest BCUT2D eigenvalue weighted by Crippen LogP contribution is 2.32. The Kier molecular flexibility index (Phi) is 4.87. The van der Waals surface area contributed by atoms with Crippen molar-refractivity contribution < 1.29 is 18.8 Å². The molecule has 0 saturated carbocycles. The van der Waals surface area contributed by atoms with Crippen LogP contribution in [-0.4, -0.2) is 18.2 Å². The molecule has 0 amide bonds. The van der Waals surface area contributed by atoms with Crippen LogP contribution in [0.15, 0.2) is 67.0 Å². The van der Waals surface area contributed by atoms with Crippen LogP contribution in [0, 0.1) is 5.92 Å². The van der Waals surface area contributed by atoms with E-state index in [4.69, 9.17) is 8.83 Å². The summed E-state index contributed by atoms with van der Waals surface area (Å²) < 4.78 is 11.1. The predicted octanol–water partition coefficient (Wildman–Crippen LogP) is 3.09. The smallest absolute Gasteiger partial charge is 0.344 e. The van der Waals surface area contributed by atoms with E-state index >= 15 is 0 Å². The molecule has 4 aromatic rings. The average Bonchev–Trinajstić information content (AvgIpc) is 2.75. The predicted molar refractivity (Wildman–Crippen MR) is 118 cm³/mol. The van der Waals surface area contributed by atoms with Gasteiger partial charge in [-0.3, -0.25) is 0 Å². The Morgan fingerprint density at radius 1 is 1.06 bits per heavy atom. The fourth-order valence-electron chi connectivity index (χ4n) is 4.72. The van der Waals surface area contributed by atoms with Crippen LogP contribution >= 0.6 is 0 Å². The van der Waals surface area contributed by atoms with Crippen LogP contribution in [-0.2, 0) is 6.54 Å². The van der Waals surface area contributed by atoms with Gasteiger partial charge in [-0.25, -0.2) is 9.59 Å². The zero-order chi connectivity index (χ0) is 21.5. The summed E-state index contributed by atoms with van der Waals surface area (Å²) in [4.78, 5) is 26.6. The first-order valence-corrected chi connectivity index (χ1v) is 10.6. The first-order valence-electron chi connectivity index (χ1n) is 10.6. The van der Waals surface area contributed by atoms with Crippen LogP contribution in [0.25, 0.3) is 33.1 Å². The van der Waals surface area contributed by atoms with Crippen LogP contribution in [0.4, 0.5) is 0 Å². The van der Waals surface area contributed by atoms with Gasteiger partial charge in [-0.05, 0) is 37.1 Å². The van der Waals surface area contributed by atoms with E-state index < -0.39 is 11.3 Å². The van der Waals surface area contributed by atoms with Gasteiger partial charge in [0.05, 0.1) is 24.2 Å². The SMILES string of the molecule is C[C@@H]1CCC[NH+](Cc2c(O)ccc3c(-c4cc5ccccc5oc4=O)cc(=O)oc23)C1. The molecule has 2 atom stereocenters. The number of phenols is 1. The standard InChI is InChI=1S/C25H23NO5/c1-15-5-4-10-26(13-15)14-20-21(27)9-8-17-18(12-23(28)31-24(17)20)19-11-16-6-2-3-7-22(16)30-25(19)29/h2-3,6-9,11-12,15,27H,4-5,10,13-14H2,1H3/p+1/t15-/m1/s1. The van der Waals surface area contributed by atoms with Crippen LogP contribution < -0.4 is 16.2 Å². The molecule has 158 valence electrons. The van der Waals surface area contributed by atoms with Crippen molar-refractivity contribution in [3.63, 3.8) is 0 Å². The molecule has 2 aromatic heterocycles. The van der Waals surface area contributed by atoms with Crippen molar-refractivity contribution in [3.05, 3.63) is 74.9 Å². The van der Waals surface area contributed by atoms with Crippen LogP contribution in [0.2, 0.25) is 0 Å². The molecule has 3 heterocycles. The lowest BCUT2D eigenvalue weighted by Gasteiger charge is -2.28. The van der Waals surface area contributed by atoms with Crippen molar-refractivity contribution in [2.24, 2.45) is 5.92 Å². The molecule has 1 aliphatic heterocycles. The minimum Gasteiger partial charge on any atom is -0.507 e. The van der Waals surface area contributed by atoms with E-state index in [-0.39, 0.29) is 5.75 Å². The molecule has 1 unspecified atom stereocenters. The van der Waals surface area contributed by atoms with E-state index in [2.05, 4.69) is 6.92 Å². The van der Waals surface area contributed by atoms with E-state index in [1.165, 1.54) is 17.4 Å². The maximum atomic E-state index is 12.7. The number of likely N-dealkylation sites (tertiary alicyclic amines) is 1. The van der Waals surface area contributed by atoms with Gasteiger partial charge < -0.3 is 18.8 Å². The molecule has 0 radical (unpaired) electrons. The highest BCUT2D eigenvalue weighted by Gasteiger charge is 2.24. The summed E-state index contributed by atoms with van der Waals surface area (Å²) in [5.74, 6) is 0.717. The fourth-order valence-corrected chi connectivity index (χ4v) is 4.72. The number of hydrogen-bond acceptors (Lipinski definition) is 5. The van der Waals surface area contributed by atoms with Crippen LogP contribution in [0.1, 0.15) is 25.3 Å². The van der Waals surface area contributed by atoms with E-state index in [1.807, 2.05) is 12.1 Å². The summed E-state index contributed by atoms with van der Waals surface area (Å²) >= 11 is 0. The molecule has 0 aliphatic carbocycles. The van der Waals surface area contributed by atoms with E-state index in [0.717, 1.165) is 24.9 Å². The zero-order valence-electron chi connectivity index (χ0n) is 17.3. The molecule has 2 aromatic carbocycles. The van der Waals surface area contributed by atoms with Crippen molar-refractivity contribution in [1.29, 1.82) is 0 Å². The summed E-state index contributed by atoms with van der Waals surface area (Å²) in [5.41, 5.74) is 1.09. The number of hydrogen-bond donors (Lipinski definition) is 2. The lowest BCUT2D eigenvalue weighted by atomic mass is 9.97. The first-order chi connectivity index (χ1) is 15.0. The number of quaternary nitrogens is 1. The number of para-hydroxylation sites is 1. The molecule has 1 fully saturated rings. The number of fused-ring (bicyclic) bond motifs is 2. The highest BCUT2D eigenvalue weighted by molar-refractivity contribution is 5.96. The summed E-state index contributed by atoms with van der Waals surface area (Å²) in [6, 6.07) is 13.6. The van der Waals surface area contributed by atoms with Gasteiger partial charge in [-0.15, -0.1) is 0 Å². The van der Waals surface area contributed by atoms with Crippen LogP contribution in [0.3, 0.4) is 0 Å². The lowest BCUT2D eigenvalue weighted by Crippen LogP contribution is -3.12. The van der Waals surface area contributed by atoms with Crippen molar-refractivity contribution >= 4 is 21.9 Å². The molecule has 6 nitrogen and oxygen atoms in total. The summed E-state index contributed by atoms with van der Waals surface area (Å²) in [6.45, 7) is 4.82. The summed E-state index contributed by atoms with van der Waals surface area (Å²) in [5, 5.41) is 12.0. The fraction of sp³-hybridized carbons (Fsp3) is 0.280. The third kappa shape index (κ3) is 3.64. The minimum atomic E-state index is -0.566. The van der Waals surface area contributed by atoms with Gasteiger partial charge in [-0.2, -0.15) is 0 Å². The number of phenolic OH excluding ortho intramolecular Hbond substituents is 1. The Labute approximate surface area is 178 Å². The van der Waals surface area contributed by atoms with Crippen LogP contribution in [0.5, 0.6) is 5.75 Å². The second-order valence-electron chi connectivity index (χ2n) is 8.53. The maximum Gasteiger partial charge on any atom is 0.344 e. The molecule has 1 saturated heterocycles. The molecular weight excluding hydrogens is 394 g/mol. The van der Waals surface area contributed by atoms with E-state index in [1.54, 1.807) is 30.3 Å². The molecule has 0 bridgehead atoms. The second kappa shape index (κ2) is 7.71. The topological polar surface area (TPSA) is 85.1 Å². The van der Waals surface area contributed by atoms with Gasteiger partial charge in [0.15, 0.2) is 5.58 Å². The molecular formula is C25H24NO5+. The Balaban J connectivity index is 1.70. The summed E-state index contributed by atoms with van der Waals surface area (Å²) in [7, 11) is 0. The molecule has 1 aliphatic rings. The van der Waals surface area contributed by atoms with Crippen molar-refractivity contribution in [2.45, 2.75) is 26.3 Å². The number of aromatic hydroxyl groups is 1. The Hall–Kier alpha value is -3.38. The van der Waals surface area contributed by atoms with Gasteiger partial charge in [0.25, 0.3) is 0 Å². The summed E-state index contributed by atoms with van der Waals surface area (Å²) in [6.07, 6.45) is 2.34. The monoisotopic (exact) mass is 418 g/mol.